The van der Waals surface area contributed by atoms with Gasteiger partial charge in [0, 0.05) is 5.69 Å². The zero-order valence-corrected chi connectivity index (χ0v) is 14.2. The third-order valence-electron chi connectivity index (χ3n) is 3.49. The molecule has 2 aromatic rings. The van der Waals surface area contributed by atoms with E-state index in [9.17, 15) is 10.1 Å². The second kappa shape index (κ2) is 8.38. The highest BCUT2D eigenvalue weighted by Gasteiger charge is 2.11. The van der Waals surface area contributed by atoms with E-state index in [4.69, 9.17) is 11.2 Å². The van der Waals surface area contributed by atoms with Gasteiger partial charge in [0.25, 0.3) is 5.91 Å². The van der Waals surface area contributed by atoms with Crippen LogP contribution in [-0.2, 0) is 4.79 Å². The number of hydrogen-bond acceptors (Lipinski definition) is 3. The largest absolute Gasteiger partial charge is 0.481 e. The summed E-state index contributed by atoms with van der Waals surface area (Å²) >= 11 is 0. The minimum atomic E-state index is -0.454. The quantitative estimate of drug-likeness (QED) is 0.514. The third-order valence-corrected chi connectivity index (χ3v) is 3.49. The predicted octanol–water partition coefficient (Wildman–Crippen LogP) is 3.86. The van der Waals surface area contributed by atoms with Gasteiger partial charge in [-0.2, -0.15) is 5.26 Å². The molecule has 0 saturated carbocycles. The summed E-state index contributed by atoms with van der Waals surface area (Å²) in [6.45, 7) is 4.05. The number of nitriles is 1. The Morgan fingerprint density at radius 1 is 1.28 bits per heavy atom. The van der Waals surface area contributed by atoms with E-state index in [1.807, 2.05) is 38.1 Å². The standard InChI is InChI=1S/C21H18N2O2/c1-4-10-25-19-7-5-6-17(13-19)12-18(14-22)21(24)23-20-9-8-15(2)11-16(20)3/h1,5-9,11-13H,10H2,2-3H3,(H,23,24)/b18-12-. The molecule has 2 aromatic carbocycles. The molecule has 0 saturated heterocycles. The number of ether oxygens (including phenoxy) is 1. The minimum absolute atomic E-state index is 0.00840. The maximum atomic E-state index is 12.4. The van der Waals surface area contributed by atoms with Crippen molar-refractivity contribution < 1.29 is 9.53 Å². The zero-order valence-electron chi connectivity index (χ0n) is 14.2. The molecule has 2 rings (SSSR count). The van der Waals surface area contributed by atoms with Gasteiger partial charge in [-0.25, -0.2) is 0 Å². The number of hydrogen-bond donors (Lipinski definition) is 1. The van der Waals surface area contributed by atoms with Crippen LogP contribution in [0.25, 0.3) is 6.08 Å². The summed E-state index contributed by atoms with van der Waals surface area (Å²) in [7, 11) is 0. The van der Waals surface area contributed by atoms with Gasteiger partial charge in [-0.3, -0.25) is 4.79 Å². The van der Waals surface area contributed by atoms with Crippen molar-refractivity contribution in [2.24, 2.45) is 0 Å². The van der Waals surface area contributed by atoms with Gasteiger partial charge in [0.15, 0.2) is 0 Å². The van der Waals surface area contributed by atoms with Gasteiger partial charge >= 0.3 is 0 Å². The molecule has 25 heavy (non-hydrogen) atoms. The lowest BCUT2D eigenvalue weighted by molar-refractivity contribution is -0.112. The molecule has 0 aliphatic heterocycles. The van der Waals surface area contributed by atoms with Crippen LogP contribution in [-0.4, -0.2) is 12.5 Å². The molecule has 0 aliphatic carbocycles. The SMILES string of the molecule is C#CCOc1cccc(/C=C(/C#N)C(=O)Nc2ccc(C)cc2C)c1. The maximum Gasteiger partial charge on any atom is 0.266 e. The summed E-state index contributed by atoms with van der Waals surface area (Å²) in [5.74, 6) is 2.52. The Labute approximate surface area is 147 Å². The van der Waals surface area contributed by atoms with Crippen molar-refractivity contribution in [2.45, 2.75) is 13.8 Å². The van der Waals surface area contributed by atoms with Gasteiger partial charge in [-0.05, 0) is 49.2 Å². The van der Waals surface area contributed by atoms with Crippen molar-refractivity contribution in [1.82, 2.24) is 0 Å². The molecule has 0 aliphatic rings. The van der Waals surface area contributed by atoms with Crippen molar-refractivity contribution in [3.05, 3.63) is 64.7 Å². The Hall–Kier alpha value is -3.50. The smallest absolute Gasteiger partial charge is 0.266 e. The fraction of sp³-hybridized carbons (Fsp3) is 0.143. The van der Waals surface area contributed by atoms with Crippen LogP contribution in [0, 0.1) is 37.5 Å². The van der Waals surface area contributed by atoms with Crippen LogP contribution in [0.2, 0.25) is 0 Å². The number of nitrogens with zero attached hydrogens (tertiary/aromatic N) is 1. The highest BCUT2D eigenvalue weighted by Crippen LogP contribution is 2.19. The molecule has 0 spiro atoms. The lowest BCUT2D eigenvalue weighted by Crippen LogP contribution is -2.14. The molecular weight excluding hydrogens is 312 g/mol. The lowest BCUT2D eigenvalue weighted by atomic mass is 10.1. The highest BCUT2D eigenvalue weighted by molar-refractivity contribution is 6.10. The van der Waals surface area contributed by atoms with Gasteiger partial charge in [0.05, 0.1) is 0 Å². The summed E-state index contributed by atoms with van der Waals surface area (Å²) in [6, 6.07) is 14.7. The first kappa shape index (κ1) is 17.8. The number of aryl methyl sites for hydroxylation is 2. The monoisotopic (exact) mass is 330 g/mol. The fourth-order valence-electron chi connectivity index (χ4n) is 2.28. The summed E-state index contributed by atoms with van der Waals surface area (Å²) in [6.07, 6.45) is 6.68. The summed E-state index contributed by atoms with van der Waals surface area (Å²) in [5.41, 5.74) is 3.42. The lowest BCUT2D eigenvalue weighted by Gasteiger charge is -2.09. The van der Waals surface area contributed by atoms with Crippen LogP contribution in [0.4, 0.5) is 5.69 Å². The Balaban J connectivity index is 2.21. The molecule has 1 N–H and O–H groups in total. The van der Waals surface area contributed by atoms with Crippen molar-refractivity contribution in [2.75, 3.05) is 11.9 Å². The first-order chi connectivity index (χ1) is 12.0. The Morgan fingerprint density at radius 2 is 2.08 bits per heavy atom. The molecule has 124 valence electrons. The zero-order chi connectivity index (χ0) is 18.2. The van der Waals surface area contributed by atoms with Crippen LogP contribution < -0.4 is 10.1 Å². The van der Waals surface area contributed by atoms with Crippen LogP contribution in [0.3, 0.4) is 0 Å². The first-order valence-electron chi connectivity index (χ1n) is 7.70. The van der Waals surface area contributed by atoms with Gasteiger partial charge in [-0.15, -0.1) is 6.42 Å². The Morgan fingerprint density at radius 3 is 2.76 bits per heavy atom. The molecule has 0 heterocycles. The predicted molar refractivity (Wildman–Crippen MR) is 98.9 cm³/mol. The molecule has 1 amide bonds. The Bertz CT molecular complexity index is 899. The molecule has 4 nitrogen and oxygen atoms in total. The number of terminal acetylenes is 1. The van der Waals surface area contributed by atoms with E-state index in [0.717, 1.165) is 11.1 Å². The van der Waals surface area contributed by atoms with Gasteiger partial charge in [0.2, 0.25) is 0 Å². The summed E-state index contributed by atoms with van der Waals surface area (Å²) < 4.78 is 5.35. The van der Waals surface area contributed by atoms with Crippen molar-refractivity contribution in [3.8, 4) is 24.2 Å². The highest BCUT2D eigenvalue weighted by atomic mass is 16.5. The number of amides is 1. The van der Waals surface area contributed by atoms with Gasteiger partial charge in [-0.1, -0.05) is 35.7 Å². The van der Waals surface area contributed by atoms with Crippen LogP contribution in [0.5, 0.6) is 5.75 Å². The molecule has 0 unspecified atom stereocenters. The first-order valence-corrected chi connectivity index (χ1v) is 7.70. The number of benzene rings is 2. The van der Waals surface area contributed by atoms with E-state index >= 15 is 0 Å². The minimum Gasteiger partial charge on any atom is -0.481 e. The number of carbonyl (C=O) groups excluding carboxylic acids is 1. The van der Waals surface area contributed by atoms with E-state index in [-0.39, 0.29) is 12.2 Å². The number of nitrogens with one attached hydrogen (secondary N) is 1. The summed E-state index contributed by atoms with van der Waals surface area (Å²) in [5, 5.41) is 12.1. The molecule has 0 bridgehead atoms. The average Bonchev–Trinajstić information content (AvgIpc) is 2.60. The average molecular weight is 330 g/mol. The van der Waals surface area contributed by atoms with Crippen LogP contribution >= 0.6 is 0 Å². The molecule has 0 aromatic heterocycles. The van der Waals surface area contributed by atoms with Gasteiger partial charge in [0.1, 0.15) is 24.0 Å². The van der Waals surface area contributed by atoms with Crippen LogP contribution in [0.1, 0.15) is 16.7 Å². The normalized spacial score (nSPS) is 10.5. The van der Waals surface area contributed by atoms with Gasteiger partial charge < -0.3 is 10.1 Å². The number of rotatable bonds is 5. The van der Waals surface area contributed by atoms with Crippen molar-refractivity contribution in [3.63, 3.8) is 0 Å². The number of anilines is 1. The van der Waals surface area contributed by atoms with E-state index in [2.05, 4.69) is 11.2 Å². The third kappa shape index (κ3) is 4.99. The van der Waals surface area contributed by atoms with Crippen LogP contribution in [0.15, 0.2) is 48.0 Å². The topological polar surface area (TPSA) is 62.1 Å². The summed E-state index contributed by atoms with van der Waals surface area (Å²) in [4.78, 5) is 12.4. The molecule has 4 heteroatoms. The molecule has 0 radical (unpaired) electrons. The van der Waals surface area contributed by atoms with Crippen molar-refractivity contribution >= 4 is 17.7 Å². The van der Waals surface area contributed by atoms with Crippen molar-refractivity contribution in [1.29, 1.82) is 5.26 Å². The van der Waals surface area contributed by atoms with E-state index in [1.165, 1.54) is 6.08 Å². The molecule has 0 fully saturated rings. The maximum absolute atomic E-state index is 12.4. The second-order valence-electron chi connectivity index (χ2n) is 5.51. The number of carbonyl (C=O) groups is 1. The van der Waals surface area contributed by atoms with E-state index in [1.54, 1.807) is 24.3 Å². The fourth-order valence-corrected chi connectivity index (χ4v) is 2.28. The Kier molecular flexibility index (Phi) is 5.98. The molecular formula is C21H18N2O2. The van der Waals surface area contributed by atoms with E-state index < -0.39 is 5.91 Å². The molecule has 0 atom stereocenters. The van der Waals surface area contributed by atoms with E-state index in [0.29, 0.717) is 17.0 Å². The second-order valence-corrected chi connectivity index (χ2v) is 5.51.